The Hall–Kier alpha value is -0.263. The molecule has 12 heteroatoms. The van der Waals surface area contributed by atoms with Crippen LogP contribution >= 0.6 is 17.1 Å². The van der Waals surface area contributed by atoms with Gasteiger partial charge in [0.05, 0.1) is 18.8 Å². The van der Waals surface area contributed by atoms with Gasteiger partial charge < -0.3 is 18.2 Å². The molecule has 3 rings (SSSR count). The average molecular weight is 523 g/mol. The van der Waals surface area contributed by atoms with E-state index in [4.69, 9.17) is 30.0 Å². The minimum Gasteiger partial charge on any atom is -0.411 e. The van der Waals surface area contributed by atoms with Gasteiger partial charge in [0.2, 0.25) is 5.69 Å². The molecular weight excluding hydrogens is 487 g/mol. The molecule has 1 aromatic rings. The lowest BCUT2D eigenvalue weighted by molar-refractivity contribution is -0.0390. The van der Waals surface area contributed by atoms with E-state index in [1.54, 1.807) is 24.5 Å². The normalized spacial score (nSPS) is 33.7. The van der Waals surface area contributed by atoms with E-state index in [-0.39, 0.29) is 29.1 Å². The first kappa shape index (κ1) is 26.3. The van der Waals surface area contributed by atoms with Gasteiger partial charge in [0.1, 0.15) is 12.3 Å². The maximum atomic E-state index is 12.5. The maximum absolute atomic E-state index is 12.5. The van der Waals surface area contributed by atoms with E-state index in [9.17, 15) is 9.59 Å². The Morgan fingerprint density at radius 2 is 2.00 bits per heavy atom. The minimum atomic E-state index is -2.45. The smallest absolute Gasteiger partial charge is 0.330 e. The molecule has 1 aromatic heterocycles. The lowest BCUT2D eigenvalue weighted by Crippen LogP contribution is -2.46. The molecule has 2 aliphatic rings. The first-order chi connectivity index (χ1) is 14.6. The molecule has 0 radical (unpaired) electrons. The number of hydrogen-bond donors (Lipinski definition) is 1. The van der Waals surface area contributed by atoms with Crippen molar-refractivity contribution in [2.45, 2.75) is 95.9 Å². The van der Waals surface area contributed by atoms with Crippen molar-refractivity contribution >= 4 is 37.2 Å². The summed E-state index contributed by atoms with van der Waals surface area (Å²) >= 11 is 7.27. The van der Waals surface area contributed by atoms with Crippen molar-refractivity contribution < 1.29 is 18.2 Å². The van der Waals surface area contributed by atoms with Crippen LogP contribution in [0, 0.1) is 6.92 Å². The lowest BCUT2D eigenvalue weighted by Gasteiger charge is -2.39. The Bertz CT molecular complexity index is 993. The molecule has 2 aliphatic heterocycles. The molecule has 0 saturated carbocycles. The van der Waals surface area contributed by atoms with Crippen molar-refractivity contribution in [3.63, 3.8) is 0 Å². The summed E-state index contributed by atoms with van der Waals surface area (Å²) in [6, 6.07) is 0. The van der Waals surface area contributed by atoms with Crippen LogP contribution in [-0.4, -0.2) is 48.0 Å². The van der Waals surface area contributed by atoms with Crippen LogP contribution in [0.3, 0.4) is 0 Å². The number of rotatable bonds is 6. The van der Waals surface area contributed by atoms with Gasteiger partial charge in [-0.3, -0.25) is 14.3 Å². The maximum Gasteiger partial charge on any atom is 0.330 e. The largest absolute Gasteiger partial charge is 0.411 e. The number of nitrogens with zero attached hydrogens (tertiary/aromatic N) is 1. The van der Waals surface area contributed by atoms with E-state index in [0.717, 1.165) is 0 Å². The highest BCUT2D eigenvalue weighted by Gasteiger charge is 2.46. The summed E-state index contributed by atoms with van der Waals surface area (Å²) in [6.45, 7) is 16.9. The fourth-order valence-corrected chi connectivity index (χ4v) is 11.0. The van der Waals surface area contributed by atoms with Gasteiger partial charge in [0.15, 0.2) is 8.32 Å². The molecule has 8 nitrogen and oxygen atoms in total. The minimum absolute atomic E-state index is 0.0173. The number of nitrogens with one attached hydrogen (secondary N) is 1. The number of hydrogen-bond acceptors (Lipinski definition) is 8. The quantitative estimate of drug-likeness (QED) is 0.437. The molecule has 1 N–H and O–H groups in total. The van der Waals surface area contributed by atoms with Crippen molar-refractivity contribution in [1.29, 1.82) is 0 Å². The van der Waals surface area contributed by atoms with E-state index in [0.29, 0.717) is 12.0 Å². The Balaban J connectivity index is 1.83. The molecule has 182 valence electrons. The van der Waals surface area contributed by atoms with Crippen LogP contribution in [0.1, 0.15) is 52.8 Å². The number of H-pyrrole nitrogens is 1. The molecule has 0 spiro atoms. The standard InChI is InChI=1S/C20H35N2O6PS2Si/c1-12-10-22(19(24)21-18(12)23)17-9-15(28-32(7,8)20(4,5)6)16(26-17)11-25-29(30)27-13(2)14(3)31-29/h10,13-17H,9,11H2,1-8H3,(H,21,23,24)/t13-,14+,15+,16-,17-,29?/m1/s1. The highest BCUT2D eigenvalue weighted by atomic mass is 32.9. The molecule has 2 fully saturated rings. The first-order valence-corrected chi connectivity index (χ1v) is 17.9. The van der Waals surface area contributed by atoms with Gasteiger partial charge in [0.25, 0.3) is 5.56 Å². The van der Waals surface area contributed by atoms with E-state index in [1.807, 2.05) is 6.92 Å². The topological polar surface area (TPSA) is 91.8 Å². The van der Waals surface area contributed by atoms with Crippen molar-refractivity contribution in [2.75, 3.05) is 6.61 Å². The Kier molecular flexibility index (Phi) is 7.75. The van der Waals surface area contributed by atoms with Crippen molar-refractivity contribution in [2.24, 2.45) is 0 Å². The highest BCUT2D eigenvalue weighted by Crippen LogP contribution is 2.69. The van der Waals surface area contributed by atoms with Crippen molar-refractivity contribution in [3.8, 4) is 0 Å². The molecule has 0 aliphatic carbocycles. The third kappa shape index (κ3) is 5.68. The van der Waals surface area contributed by atoms with E-state index >= 15 is 0 Å². The van der Waals surface area contributed by atoms with E-state index < -0.39 is 37.6 Å². The fraction of sp³-hybridized carbons (Fsp3) is 0.800. The molecule has 6 atom stereocenters. The summed E-state index contributed by atoms with van der Waals surface area (Å²) in [4.78, 5) is 26.6. The summed E-state index contributed by atoms with van der Waals surface area (Å²) in [5.41, 5.74) is -2.89. The zero-order valence-corrected chi connectivity index (χ0v) is 23.6. The van der Waals surface area contributed by atoms with Crippen LogP contribution in [0.4, 0.5) is 0 Å². The van der Waals surface area contributed by atoms with E-state index in [1.165, 1.54) is 4.57 Å². The molecule has 0 aromatic carbocycles. The highest BCUT2D eigenvalue weighted by molar-refractivity contribution is 8.68. The van der Waals surface area contributed by atoms with Gasteiger partial charge >= 0.3 is 5.69 Å². The van der Waals surface area contributed by atoms with Crippen LogP contribution in [-0.2, 0) is 30.0 Å². The van der Waals surface area contributed by atoms with Crippen LogP contribution < -0.4 is 11.2 Å². The summed E-state index contributed by atoms with van der Waals surface area (Å²) < 4.78 is 26.5. The van der Waals surface area contributed by atoms with Gasteiger partial charge in [-0.15, -0.1) is 0 Å². The van der Waals surface area contributed by atoms with Crippen LogP contribution in [0.25, 0.3) is 0 Å². The molecule has 1 unspecified atom stereocenters. The number of aromatic nitrogens is 2. The fourth-order valence-electron chi connectivity index (χ4n) is 3.33. The molecule has 32 heavy (non-hydrogen) atoms. The molecular formula is C20H35N2O6PS2Si. The predicted molar refractivity (Wildman–Crippen MR) is 134 cm³/mol. The average Bonchev–Trinajstić information content (AvgIpc) is 3.15. The summed E-state index contributed by atoms with van der Waals surface area (Å²) in [5.74, 6) is 0. The summed E-state index contributed by atoms with van der Waals surface area (Å²) in [7, 11) is -2.11. The third-order valence-corrected chi connectivity index (χ3v) is 16.8. The van der Waals surface area contributed by atoms with Crippen molar-refractivity contribution in [3.05, 3.63) is 32.6 Å². The second-order valence-electron chi connectivity index (χ2n) is 10.1. The zero-order valence-electron chi connectivity index (χ0n) is 20.0. The molecule has 2 saturated heterocycles. The van der Waals surface area contributed by atoms with Crippen molar-refractivity contribution in [1.82, 2.24) is 9.55 Å². The number of aromatic amines is 1. The zero-order chi connectivity index (χ0) is 24.1. The predicted octanol–water partition coefficient (Wildman–Crippen LogP) is 4.30. The molecule has 3 heterocycles. The van der Waals surface area contributed by atoms with Gasteiger partial charge in [-0.1, -0.05) is 39.1 Å². The summed E-state index contributed by atoms with van der Waals surface area (Å²) in [6.07, 6.45) is 0.850. The van der Waals surface area contributed by atoms with Crippen LogP contribution in [0.5, 0.6) is 0 Å². The lowest BCUT2D eigenvalue weighted by atomic mass is 10.2. The number of ether oxygens (including phenoxy) is 1. The van der Waals surface area contributed by atoms with Crippen LogP contribution in [0.15, 0.2) is 15.8 Å². The Labute approximate surface area is 199 Å². The van der Waals surface area contributed by atoms with Crippen LogP contribution in [0.2, 0.25) is 18.1 Å². The third-order valence-electron chi connectivity index (χ3n) is 6.54. The molecule has 0 bridgehead atoms. The second kappa shape index (κ2) is 9.41. The number of aryl methyl sites for hydroxylation is 1. The summed E-state index contributed by atoms with van der Waals surface area (Å²) in [5, 5.41) is 0.295. The Morgan fingerprint density at radius 1 is 1.34 bits per heavy atom. The SMILES string of the molecule is Cc1cn([C@H]2C[C@H](O[Si](C)(C)C(C)(C)C)[C@@H](COP3(=S)O[C@H](C)[C@H](C)S3)O2)c(=O)[nH]c1=O. The monoisotopic (exact) mass is 522 g/mol. The Morgan fingerprint density at radius 3 is 2.56 bits per heavy atom. The van der Waals surface area contributed by atoms with Gasteiger partial charge in [-0.05, 0) is 43.8 Å². The first-order valence-electron chi connectivity index (χ1n) is 10.9. The second-order valence-corrected chi connectivity index (χ2v) is 21.4. The van der Waals surface area contributed by atoms with Gasteiger partial charge in [0, 0.05) is 23.4 Å². The van der Waals surface area contributed by atoms with E-state index in [2.05, 4.69) is 45.8 Å². The van der Waals surface area contributed by atoms with Gasteiger partial charge in [-0.25, -0.2) is 4.79 Å². The van der Waals surface area contributed by atoms with Gasteiger partial charge in [-0.2, -0.15) is 0 Å². The molecule has 0 amide bonds.